The summed E-state index contributed by atoms with van der Waals surface area (Å²) in [5, 5.41) is 8.78. The minimum absolute atomic E-state index is 0.314. The molecule has 0 amide bonds. The van der Waals surface area contributed by atoms with Gasteiger partial charge in [-0.3, -0.25) is 0 Å². The van der Waals surface area contributed by atoms with Crippen LogP contribution in [0.25, 0.3) is 5.70 Å². The van der Waals surface area contributed by atoms with Crippen molar-refractivity contribution >= 4 is 23.4 Å². The van der Waals surface area contributed by atoms with Crippen LogP contribution in [0.3, 0.4) is 0 Å². The van der Waals surface area contributed by atoms with Gasteiger partial charge >= 0.3 is 0 Å². The van der Waals surface area contributed by atoms with Gasteiger partial charge in [0.1, 0.15) is 29.5 Å². The molecule has 0 fully saturated rings. The Morgan fingerprint density at radius 1 is 0.909 bits per heavy atom. The number of hydrogen-bond acceptors (Lipinski definition) is 5. The number of halogens is 2. The number of hydrogen-bond donors (Lipinski definition) is 1. The maximum Gasteiger partial charge on any atom is 0.227 e. The van der Waals surface area contributed by atoms with Crippen molar-refractivity contribution in [3.8, 4) is 5.75 Å². The quantitative estimate of drug-likeness (QED) is 0.390. The smallest absolute Gasteiger partial charge is 0.227 e. The van der Waals surface area contributed by atoms with E-state index in [1.54, 1.807) is 24.3 Å². The van der Waals surface area contributed by atoms with Gasteiger partial charge in [0, 0.05) is 11.1 Å². The summed E-state index contributed by atoms with van der Waals surface area (Å²) in [6, 6.07) is 20.1. The molecule has 4 aromatic rings. The highest BCUT2D eigenvalue weighted by Crippen LogP contribution is 2.50. The number of rotatable bonds is 3. The van der Waals surface area contributed by atoms with E-state index in [1.807, 2.05) is 35.2 Å². The van der Waals surface area contributed by atoms with Gasteiger partial charge in [0.25, 0.3) is 0 Å². The average Bonchev–Trinajstić information content (AvgIpc) is 3.26. The van der Waals surface area contributed by atoms with E-state index in [0.717, 1.165) is 28.0 Å². The van der Waals surface area contributed by atoms with Crippen LogP contribution in [-0.2, 0) is 0 Å². The Morgan fingerprint density at radius 2 is 1.58 bits per heavy atom. The molecule has 0 unspecified atom stereocenters. The molecule has 6 rings (SSSR count). The average molecular weight is 461 g/mol. The molecular weight excluding hydrogens is 442 g/mol. The second-order valence-corrected chi connectivity index (χ2v) is 8.60. The predicted octanol–water partition coefficient (Wildman–Crippen LogP) is 5.84. The van der Waals surface area contributed by atoms with Crippen LogP contribution in [0.5, 0.6) is 5.75 Å². The Hall–Kier alpha value is -3.65. The van der Waals surface area contributed by atoms with Crippen molar-refractivity contribution in [3.63, 3.8) is 0 Å². The summed E-state index contributed by atoms with van der Waals surface area (Å²) in [5.74, 6) is 0.686. The molecule has 1 N–H and O–H groups in total. The summed E-state index contributed by atoms with van der Waals surface area (Å²) in [6.45, 7) is 0. The minimum Gasteiger partial charge on any atom is -0.480 e. The third kappa shape index (κ3) is 3.29. The summed E-state index contributed by atoms with van der Waals surface area (Å²) in [4.78, 5) is 4.64. The third-order valence-corrected chi connectivity index (χ3v) is 6.44. The topological polar surface area (TPSA) is 52.0 Å². The molecule has 0 aliphatic carbocycles. The Bertz CT molecular complexity index is 1380. The number of fused-ring (bicyclic) bond motifs is 3. The van der Waals surface area contributed by atoms with Crippen molar-refractivity contribution in [1.29, 1.82) is 0 Å². The second kappa shape index (κ2) is 7.74. The molecule has 0 saturated carbocycles. The number of thioether (sulfide) groups is 1. The Morgan fingerprint density at radius 3 is 2.27 bits per heavy atom. The molecule has 0 radical (unpaired) electrons. The highest BCUT2D eigenvalue weighted by atomic mass is 32.2. The highest BCUT2D eigenvalue weighted by Gasteiger charge is 2.41. The SMILES string of the molecule is CSc1nc2n(n1)[C@H](c1ccc(F)cc1)C1=C(N2)c2ccccc2O[C@@H]1c1ccc(F)cc1. The fourth-order valence-electron chi connectivity index (χ4n) is 4.42. The molecule has 3 heterocycles. The fraction of sp³-hybridized carbons (Fsp3) is 0.120. The second-order valence-electron chi connectivity index (χ2n) is 7.82. The van der Waals surface area contributed by atoms with Crippen LogP contribution >= 0.6 is 11.8 Å². The predicted molar refractivity (Wildman–Crippen MR) is 123 cm³/mol. The van der Waals surface area contributed by atoms with Crippen molar-refractivity contribution in [3.05, 3.63) is 107 Å². The van der Waals surface area contributed by atoms with Gasteiger partial charge in [-0.1, -0.05) is 48.2 Å². The van der Waals surface area contributed by atoms with Crippen molar-refractivity contribution < 1.29 is 13.5 Å². The first-order chi connectivity index (χ1) is 16.1. The number of aromatic nitrogens is 3. The molecule has 33 heavy (non-hydrogen) atoms. The lowest BCUT2D eigenvalue weighted by atomic mass is 9.84. The maximum atomic E-state index is 13.8. The van der Waals surface area contributed by atoms with Gasteiger partial charge in [0.15, 0.2) is 0 Å². The number of nitrogens with zero attached hydrogens (tertiary/aromatic N) is 3. The van der Waals surface area contributed by atoms with E-state index in [0.29, 0.717) is 16.9 Å². The van der Waals surface area contributed by atoms with Crippen molar-refractivity contribution in [2.45, 2.75) is 17.3 Å². The molecular formula is C25H18F2N4OS. The number of anilines is 1. The van der Waals surface area contributed by atoms with E-state index in [9.17, 15) is 8.78 Å². The van der Waals surface area contributed by atoms with Crippen LogP contribution in [0.4, 0.5) is 14.7 Å². The third-order valence-electron chi connectivity index (χ3n) is 5.90. The van der Waals surface area contributed by atoms with Crippen LogP contribution in [-0.4, -0.2) is 21.0 Å². The molecule has 0 saturated heterocycles. The molecule has 2 aliphatic rings. The van der Waals surface area contributed by atoms with E-state index in [2.05, 4.69) is 10.3 Å². The van der Waals surface area contributed by atoms with Gasteiger partial charge in [0.05, 0.1) is 5.70 Å². The summed E-state index contributed by atoms with van der Waals surface area (Å²) in [6.07, 6.45) is 1.41. The van der Waals surface area contributed by atoms with Gasteiger partial charge in [0.2, 0.25) is 11.1 Å². The Labute approximate surface area is 193 Å². The standard InChI is InChI=1S/C25H18F2N4OS/c1-33-25-29-24-28-21-18-4-2-3-5-19(18)32-23(15-8-12-17(27)13-9-15)20(21)22(31(24)30-25)14-6-10-16(26)11-7-14/h2-13,22-23H,1H3,(H,28,29,30)/t22-,23-/m1/s1. The molecule has 2 atom stereocenters. The van der Waals surface area contributed by atoms with Gasteiger partial charge in [-0.05, 0) is 53.8 Å². The number of ether oxygens (including phenoxy) is 1. The first kappa shape index (κ1) is 20.0. The number of para-hydroxylation sites is 1. The van der Waals surface area contributed by atoms with E-state index < -0.39 is 12.1 Å². The largest absolute Gasteiger partial charge is 0.480 e. The molecule has 1 aromatic heterocycles. The van der Waals surface area contributed by atoms with Crippen LogP contribution in [0.15, 0.2) is 83.5 Å². The minimum atomic E-state index is -0.506. The van der Waals surface area contributed by atoms with Crippen molar-refractivity contribution in [2.24, 2.45) is 0 Å². The first-order valence-corrected chi connectivity index (χ1v) is 11.6. The molecule has 2 aliphatic heterocycles. The molecule has 164 valence electrons. The van der Waals surface area contributed by atoms with E-state index in [1.165, 1.54) is 36.0 Å². The fourth-order valence-corrected chi connectivity index (χ4v) is 4.77. The highest BCUT2D eigenvalue weighted by molar-refractivity contribution is 7.98. The lowest BCUT2D eigenvalue weighted by Crippen LogP contribution is -2.32. The van der Waals surface area contributed by atoms with E-state index in [-0.39, 0.29) is 11.6 Å². The Kier molecular flexibility index (Phi) is 4.69. The molecule has 5 nitrogen and oxygen atoms in total. The molecule has 0 spiro atoms. The van der Waals surface area contributed by atoms with Crippen LogP contribution < -0.4 is 10.1 Å². The number of benzene rings is 3. The van der Waals surface area contributed by atoms with Crippen LogP contribution in [0, 0.1) is 11.6 Å². The van der Waals surface area contributed by atoms with Crippen LogP contribution in [0.1, 0.15) is 28.8 Å². The zero-order valence-electron chi connectivity index (χ0n) is 17.5. The van der Waals surface area contributed by atoms with Gasteiger partial charge < -0.3 is 10.1 Å². The van der Waals surface area contributed by atoms with Gasteiger partial charge in [-0.25, -0.2) is 13.5 Å². The van der Waals surface area contributed by atoms with E-state index in [4.69, 9.17) is 9.84 Å². The van der Waals surface area contributed by atoms with Gasteiger partial charge in [-0.15, -0.1) is 5.10 Å². The van der Waals surface area contributed by atoms with Gasteiger partial charge in [-0.2, -0.15) is 4.98 Å². The van der Waals surface area contributed by atoms with Crippen molar-refractivity contribution in [1.82, 2.24) is 14.8 Å². The summed E-state index contributed by atoms with van der Waals surface area (Å²) >= 11 is 1.45. The summed E-state index contributed by atoms with van der Waals surface area (Å²) in [5.41, 5.74) is 4.32. The summed E-state index contributed by atoms with van der Waals surface area (Å²) in [7, 11) is 0. The zero-order chi connectivity index (χ0) is 22.5. The zero-order valence-corrected chi connectivity index (χ0v) is 18.3. The molecule has 0 bridgehead atoms. The first-order valence-electron chi connectivity index (χ1n) is 10.4. The van der Waals surface area contributed by atoms with Crippen LogP contribution in [0.2, 0.25) is 0 Å². The van der Waals surface area contributed by atoms with Crippen molar-refractivity contribution in [2.75, 3.05) is 11.6 Å². The number of nitrogens with one attached hydrogen (secondary N) is 1. The lowest BCUT2D eigenvalue weighted by Gasteiger charge is -2.38. The normalized spacial score (nSPS) is 18.6. The Balaban J connectivity index is 1.62. The molecule has 8 heteroatoms. The monoisotopic (exact) mass is 460 g/mol. The van der Waals surface area contributed by atoms with E-state index >= 15 is 0 Å². The maximum absolute atomic E-state index is 13.8. The summed E-state index contributed by atoms with van der Waals surface area (Å²) < 4.78 is 35.8. The molecule has 3 aromatic carbocycles. The lowest BCUT2D eigenvalue weighted by molar-refractivity contribution is 0.222.